The summed E-state index contributed by atoms with van der Waals surface area (Å²) in [6.07, 6.45) is 6.01. The van der Waals surface area contributed by atoms with Crippen molar-refractivity contribution in [3.8, 4) is 6.01 Å². The topological polar surface area (TPSA) is 59.5 Å². The smallest absolute Gasteiger partial charge is 0.318 e. The molecule has 3 aliphatic rings. The molecule has 2 bridgehead atoms. The number of methoxy groups -OCH3 is 2. The summed E-state index contributed by atoms with van der Waals surface area (Å²) in [6.45, 7) is 1.84. The molecule has 0 aliphatic carbocycles. The fourth-order valence-corrected chi connectivity index (χ4v) is 4.27. The van der Waals surface area contributed by atoms with E-state index < -0.39 is 0 Å². The van der Waals surface area contributed by atoms with Crippen LogP contribution in [0.2, 0.25) is 0 Å². The molecule has 0 radical (unpaired) electrons. The van der Waals surface area contributed by atoms with E-state index in [1.165, 1.54) is 18.4 Å². The van der Waals surface area contributed by atoms with Crippen LogP contribution < -0.4 is 15.0 Å². The fraction of sp³-hybridized carbons (Fsp3) is 0.750. The van der Waals surface area contributed by atoms with Crippen molar-refractivity contribution in [3.05, 3.63) is 11.3 Å². The van der Waals surface area contributed by atoms with E-state index in [1.54, 1.807) is 7.11 Å². The molecule has 4 rings (SSSR count). The summed E-state index contributed by atoms with van der Waals surface area (Å²) in [4.78, 5) is 11.8. The molecule has 22 heavy (non-hydrogen) atoms. The van der Waals surface area contributed by atoms with Crippen molar-refractivity contribution >= 4 is 5.82 Å². The zero-order chi connectivity index (χ0) is 15.1. The monoisotopic (exact) mass is 304 g/mol. The van der Waals surface area contributed by atoms with Crippen molar-refractivity contribution in [2.75, 3.05) is 25.7 Å². The first-order chi connectivity index (χ1) is 10.8. The van der Waals surface area contributed by atoms with Crippen molar-refractivity contribution in [1.82, 2.24) is 15.3 Å². The number of rotatable bonds is 3. The highest BCUT2D eigenvalue weighted by Crippen LogP contribution is 2.41. The Bertz CT molecular complexity index is 551. The van der Waals surface area contributed by atoms with Gasteiger partial charge in [0.25, 0.3) is 0 Å². The lowest BCUT2D eigenvalue weighted by atomic mass is 9.98. The van der Waals surface area contributed by atoms with E-state index in [9.17, 15) is 0 Å². The van der Waals surface area contributed by atoms with E-state index in [1.807, 2.05) is 7.11 Å². The Morgan fingerprint density at radius 3 is 2.59 bits per heavy atom. The zero-order valence-electron chi connectivity index (χ0n) is 13.3. The van der Waals surface area contributed by atoms with Gasteiger partial charge in [0.1, 0.15) is 5.82 Å². The summed E-state index contributed by atoms with van der Waals surface area (Å²) in [5.74, 6) is 1.09. The first kappa shape index (κ1) is 14.2. The van der Waals surface area contributed by atoms with E-state index in [4.69, 9.17) is 14.5 Å². The number of hydrogen-bond acceptors (Lipinski definition) is 6. The van der Waals surface area contributed by atoms with E-state index in [0.717, 1.165) is 43.9 Å². The molecular weight excluding hydrogens is 280 g/mol. The third-order valence-corrected chi connectivity index (χ3v) is 5.34. The SMILES string of the molecule is COc1nc2c(c(N3[C@@H]4CC[C@H]3CC(OC)C4)n1)CNCC2. The van der Waals surface area contributed by atoms with Crippen molar-refractivity contribution in [1.29, 1.82) is 0 Å². The van der Waals surface area contributed by atoms with Crippen molar-refractivity contribution in [3.63, 3.8) is 0 Å². The highest BCUT2D eigenvalue weighted by molar-refractivity contribution is 5.54. The van der Waals surface area contributed by atoms with Crippen LogP contribution >= 0.6 is 0 Å². The van der Waals surface area contributed by atoms with Crippen molar-refractivity contribution in [2.24, 2.45) is 0 Å². The molecule has 1 unspecified atom stereocenters. The lowest BCUT2D eigenvalue weighted by Crippen LogP contribution is -2.46. The van der Waals surface area contributed by atoms with Gasteiger partial charge in [-0.05, 0) is 25.7 Å². The van der Waals surface area contributed by atoms with Gasteiger partial charge in [0.15, 0.2) is 0 Å². The van der Waals surface area contributed by atoms with Gasteiger partial charge in [-0.1, -0.05) is 0 Å². The van der Waals surface area contributed by atoms with Gasteiger partial charge in [-0.25, -0.2) is 0 Å². The molecule has 1 N–H and O–H groups in total. The van der Waals surface area contributed by atoms with E-state index in [2.05, 4.69) is 15.2 Å². The maximum atomic E-state index is 5.62. The fourth-order valence-electron chi connectivity index (χ4n) is 4.27. The molecule has 1 aromatic heterocycles. The minimum atomic E-state index is 0.395. The molecule has 120 valence electrons. The second-order valence-electron chi connectivity index (χ2n) is 6.51. The second-order valence-corrected chi connectivity index (χ2v) is 6.51. The minimum Gasteiger partial charge on any atom is -0.467 e. The van der Waals surface area contributed by atoms with E-state index in [0.29, 0.717) is 24.2 Å². The predicted molar refractivity (Wildman–Crippen MR) is 83.3 cm³/mol. The number of nitrogens with zero attached hydrogens (tertiary/aromatic N) is 3. The first-order valence-electron chi connectivity index (χ1n) is 8.25. The average Bonchev–Trinajstić information content (AvgIpc) is 2.83. The van der Waals surface area contributed by atoms with Gasteiger partial charge < -0.3 is 19.7 Å². The van der Waals surface area contributed by atoms with Gasteiger partial charge in [-0.3, -0.25) is 0 Å². The third kappa shape index (κ3) is 2.25. The lowest BCUT2D eigenvalue weighted by molar-refractivity contribution is 0.0681. The van der Waals surface area contributed by atoms with Crippen LogP contribution in [-0.4, -0.2) is 48.9 Å². The molecule has 2 fully saturated rings. The molecule has 0 amide bonds. The summed E-state index contributed by atoms with van der Waals surface area (Å²) in [5, 5.41) is 3.46. The van der Waals surface area contributed by atoms with Gasteiger partial charge >= 0.3 is 6.01 Å². The maximum absolute atomic E-state index is 5.62. The quantitative estimate of drug-likeness (QED) is 0.908. The highest BCUT2D eigenvalue weighted by atomic mass is 16.5. The van der Waals surface area contributed by atoms with Gasteiger partial charge in [-0.2, -0.15) is 9.97 Å². The number of anilines is 1. The molecule has 6 nitrogen and oxygen atoms in total. The molecule has 4 heterocycles. The molecule has 3 aliphatic heterocycles. The molecule has 1 aromatic rings. The van der Waals surface area contributed by atoms with Gasteiger partial charge in [0.05, 0.1) is 18.9 Å². The number of hydrogen-bond donors (Lipinski definition) is 1. The standard InChI is InChI=1S/C16H24N4O2/c1-21-12-7-10-3-4-11(8-12)20(10)15-13-9-17-6-5-14(13)18-16(19-15)22-2/h10-12,17H,3-9H2,1-2H3/t10-,11+,12?. The second kappa shape index (κ2) is 5.66. The number of nitrogens with one attached hydrogen (secondary N) is 1. The van der Waals surface area contributed by atoms with Crippen LogP contribution in [0.25, 0.3) is 0 Å². The summed E-state index contributed by atoms with van der Waals surface area (Å²) in [7, 11) is 3.48. The molecule has 6 heteroatoms. The van der Waals surface area contributed by atoms with Gasteiger partial charge in [-0.15, -0.1) is 0 Å². The Morgan fingerprint density at radius 1 is 1.14 bits per heavy atom. The van der Waals surface area contributed by atoms with Gasteiger partial charge in [0.2, 0.25) is 0 Å². The number of aromatic nitrogens is 2. The minimum absolute atomic E-state index is 0.395. The van der Waals surface area contributed by atoms with Crippen LogP contribution in [0, 0.1) is 0 Å². The van der Waals surface area contributed by atoms with Crippen LogP contribution in [0.4, 0.5) is 5.82 Å². The highest BCUT2D eigenvalue weighted by Gasteiger charge is 2.43. The molecule has 0 aromatic carbocycles. The molecular formula is C16H24N4O2. The Hall–Kier alpha value is -1.40. The van der Waals surface area contributed by atoms with Crippen LogP contribution in [-0.2, 0) is 17.7 Å². The average molecular weight is 304 g/mol. The van der Waals surface area contributed by atoms with Crippen LogP contribution in [0.5, 0.6) is 6.01 Å². The summed E-state index contributed by atoms with van der Waals surface area (Å²) in [6, 6.07) is 1.58. The summed E-state index contributed by atoms with van der Waals surface area (Å²) in [5.41, 5.74) is 2.41. The summed E-state index contributed by atoms with van der Waals surface area (Å²) < 4.78 is 11.0. The first-order valence-corrected chi connectivity index (χ1v) is 8.25. The van der Waals surface area contributed by atoms with Crippen LogP contribution in [0.15, 0.2) is 0 Å². The Balaban J connectivity index is 1.73. The van der Waals surface area contributed by atoms with Crippen LogP contribution in [0.3, 0.4) is 0 Å². The van der Waals surface area contributed by atoms with Crippen LogP contribution in [0.1, 0.15) is 36.9 Å². The molecule has 0 saturated carbocycles. The predicted octanol–water partition coefficient (Wildman–Crippen LogP) is 1.28. The molecule has 3 atom stereocenters. The largest absolute Gasteiger partial charge is 0.467 e. The normalized spacial score (nSPS) is 30.3. The summed E-state index contributed by atoms with van der Waals surface area (Å²) >= 11 is 0. The van der Waals surface area contributed by atoms with E-state index >= 15 is 0 Å². The Kier molecular flexibility index (Phi) is 3.66. The maximum Gasteiger partial charge on any atom is 0.318 e. The third-order valence-electron chi connectivity index (χ3n) is 5.34. The van der Waals surface area contributed by atoms with Crippen molar-refractivity contribution < 1.29 is 9.47 Å². The van der Waals surface area contributed by atoms with E-state index in [-0.39, 0.29) is 0 Å². The Labute approximate surface area is 131 Å². The molecule has 2 saturated heterocycles. The number of piperidine rings is 1. The van der Waals surface area contributed by atoms with Crippen molar-refractivity contribution in [2.45, 2.75) is 56.8 Å². The zero-order valence-corrected chi connectivity index (χ0v) is 13.3. The number of ether oxygens (including phenoxy) is 2. The molecule has 0 spiro atoms. The number of fused-ring (bicyclic) bond motifs is 3. The lowest BCUT2D eigenvalue weighted by Gasteiger charge is -2.40. The van der Waals surface area contributed by atoms with Gasteiger partial charge in [0, 0.05) is 44.3 Å². The Morgan fingerprint density at radius 2 is 1.91 bits per heavy atom.